The molecule has 2 N–H and O–H groups in total. The molecule has 0 unspecified atom stereocenters. The smallest absolute Gasteiger partial charge is 0.255 e. The molecular weight excluding hydrogens is 392 g/mol. The summed E-state index contributed by atoms with van der Waals surface area (Å²) in [5, 5.41) is 5.50. The van der Waals surface area contributed by atoms with Crippen molar-refractivity contribution in [1.29, 1.82) is 0 Å². The monoisotopic (exact) mass is 419 g/mol. The number of hydrogen-bond acceptors (Lipinski definition) is 4. The minimum atomic E-state index is -2.42. The number of amides is 2. The maximum absolute atomic E-state index is 12.6. The zero-order valence-electron chi connectivity index (χ0n) is 17.2. The van der Waals surface area contributed by atoms with E-state index < -0.39 is 6.43 Å². The van der Waals surface area contributed by atoms with Crippen LogP contribution in [-0.2, 0) is 4.79 Å². The van der Waals surface area contributed by atoms with E-state index in [1.807, 2.05) is 6.92 Å². The van der Waals surface area contributed by atoms with Crippen LogP contribution in [0.25, 0.3) is 0 Å². The summed E-state index contributed by atoms with van der Waals surface area (Å²) in [4.78, 5) is 26.1. The molecule has 0 spiro atoms. The zero-order chi connectivity index (χ0) is 21.9. The summed E-state index contributed by atoms with van der Waals surface area (Å²) in [5.74, 6) is -0.0186. The Hall–Kier alpha value is -3.00. The summed E-state index contributed by atoms with van der Waals surface area (Å²) in [6.45, 7) is 2.36. The highest BCUT2D eigenvalue weighted by atomic mass is 19.3. The molecule has 2 rings (SSSR count). The van der Waals surface area contributed by atoms with Crippen molar-refractivity contribution in [2.24, 2.45) is 0 Å². The third-order valence-corrected chi connectivity index (χ3v) is 4.38. The molecule has 0 aromatic heterocycles. The lowest BCUT2D eigenvalue weighted by molar-refractivity contribution is -0.116. The third kappa shape index (κ3) is 7.44. The predicted molar refractivity (Wildman–Crippen MR) is 113 cm³/mol. The second-order valence-electron chi connectivity index (χ2n) is 6.72. The molecular formula is C22H27F2N3O3. The normalized spacial score (nSPS) is 10.9. The fourth-order valence-electron chi connectivity index (χ4n) is 2.94. The summed E-state index contributed by atoms with van der Waals surface area (Å²) < 4.78 is 30.4. The van der Waals surface area contributed by atoms with Gasteiger partial charge in [0.1, 0.15) is 5.75 Å². The van der Waals surface area contributed by atoms with Crippen LogP contribution >= 0.6 is 0 Å². The maximum atomic E-state index is 12.6. The Kier molecular flexibility index (Phi) is 9.21. The van der Waals surface area contributed by atoms with Crippen molar-refractivity contribution in [3.8, 4) is 5.75 Å². The fourth-order valence-corrected chi connectivity index (χ4v) is 2.94. The summed E-state index contributed by atoms with van der Waals surface area (Å²) in [6.07, 6.45) is -1.57. The van der Waals surface area contributed by atoms with Gasteiger partial charge in [-0.05, 0) is 49.4 Å². The minimum Gasteiger partial charge on any atom is -0.495 e. The Balaban J connectivity index is 1.89. The van der Waals surface area contributed by atoms with Gasteiger partial charge in [-0.3, -0.25) is 14.5 Å². The van der Waals surface area contributed by atoms with Crippen molar-refractivity contribution in [2.75, 3.05) is 37.4 Å². The van der Waals surface area contributed by atoms with E-state index in [4.69, 9.17) is 4.74 Å². The van der Waals surface area contributed by atoms with E-state index in [0.29, 0.717) is 29.2 Å². The summed E-state index contributed by atoms with van der Waals surface area (Å²) in [7, 11) is 1.53. The van der Waals surface area contributed by atoms with Gasteiger partial charge in [-0.15, -0.1) is 0 Å². The van der Waals surface area contributed by atoms with Gasteiger partial charge in [-0.25, -0.2) is 8.78 Å². The number of nitrogens with one attached hydrogen (secondary N) is 2. The van der Waals surface area contributed by atoms with Crippen LogP contribution in [0.3, 0.4) is 0 Å². The summed E-state index contributed by atoms with van der Waals surface area (Å²) in [5.41, 5.74) is 1.51. The van der Waals surface area contributed by atoms with Crippen LogP contribution in [0.2, 0.25) is 0 Å². The first-order chi connectivity index (χ1) is 14.4. The van der Waals surface area contributed by atoms with Crippen LogP contribution in [0.4, 0.5) is 20.2 Å². The molecule has 6 nitrogen and oxygen atoms in total. The van der Waals surface area contributed by atoms with Crippen molar-refractivity contribution in [2.45, 2.75) is 26.2 Å². The van der Waals surface area contributed by atoms with E-state index in [9.17, 15) is 18.4 Å². The van der Waals surface area contributed by atoms with Gasteiger partial charge in [-0.2, -0.15) is 0 Å². The lowest BCUT2D eigenvalue weighted by Gasteiger charge is -2.20. The van der Waals surface area contributed by atoms with E-state index in [-0.39, 0.29) is 31.3 Å². The summed E-state index contributed by atoms with van der Waals surface area (Å²) >= 11 is 0. The second kappa shape index (κ2) is 11.9. The van der Waals surface area contributed by atoms with Crippen LogP contribution in [-0.4, -0.2) is 49.9 Å². The number of benzene rings is 2. The maximum Gasteiger partial charge on any atom is 0.255 e. The van der Waals surface area contributed by atoms with Gasteiger partial charge in [0, 0.05) is 24.2 Å². The molecule has 0 saturated carbocycles. The number of carbonyl (C=O) groups excluding carboxylic acids is 2. The Morgan fingerprint density at radius 2 is 1.73 bits per heavy atom. The minimum absolute atomic E-state index is 0.114. The first kappa shape index (κ1) is 23.3. The fraction of sp³-hybridized carbons (Fsp3) is 0.364. The molecule has 0 atom stereocenters. The summed E-state index contributed by atoms with van der Waals surface area (Å²) in [6, 6.07) is 13.5. The van der Waals surface area contributed by atoms with Crippen molar-refractivity contribution < 1.29 is 23.1 Å². The molecule has 0 bridgehead atoms. The van der Waals surface area contributed by atoms with Crippen LogP contribution in [0.15, 0.2) is 48.5 Å². The standard InChI is InChI=1S/C22H27F2N3O3/c1-3-13-27(15-20(23)24)14-12-21(28)25-17-10-8-16(9-11-17)22(29)26-18-6-4-5-7-19(18)30-2/h4-11,20H,3,12-15H2,1-2H3,(H,25,28)(H,26,29). The second-order valence-corrected chi connectivity index (χ2v) is 6.72. The highest BCUT2D eigenvalue weighted by Gasteiger charge is 2.13. The molecule has 0 saturated heterocycles. The van der Waals surface area contributed by atoms with Gasteiger partial charge >= 0.3 is 0 Å². The Morgan fingerprint density at radius 1 is 1.03 bits per heavy atom. The van der Waals surface area contributed by atoms with E-state index in [2.05, 4.69) is 10.6 Å². The first-order valence-corrected chi connectivity index (χ1v) is 9.77. The predicted octanol–water partition coefficient (Wildman–Crippen LogP) is 4.25. The number of carbonyl (C=O) groups is 2. The molecule has 8 heteroatoms. The number of ether oxygens (including phenoxy) is 1. The van der Waals surface area contributed by atoms with Crippen molar-refractivity contribution >= 4 is 23.2 Å². The van der Waals surface area contributed by atoms with Gasteiger partial charge in [0.05, 0.1) is 19.3 Å². The van der Waals surface area contributed by atoms with Crippen molar-refractivity contribution in [3.05, 3.63) is 54.1 Å². The molecule has 0 aliphatic heterocycles. The highest BCUT2D eigenvalue weighted by molar-refractivity contribution is 6.05. The van der Waals surface area contributed by atoms with Gasteiger partial charge in [0.15, 0.2) is 0 Å². The molecule has 30 heavy (non-hydrogen) atoms. The van der Waals surface area contributed by atoms with Crippen LogP contribution in [0.1, 0.15) is 30.1 Å². The molecule has 2 amide bonds. The Bertz CT molecular complexity index is 829. The molecule has 0 radical (unpaired) electrons. The Labute approximate surface area is 175 Å². The molecule has 0 fully saturated rings. The number of anilines is 2. The first-order valence-electron chi connectivity index (χ1n) is 9.77. The van der Waals surface area contributed by atoms with Gasteiger partial charge < -0.3 is 15.4 Å². The van der Waals surface area contributed by atoms with Crippen LogP contribution < -0.4 is 15.4 Å². The molecule has 0 heterocycles. The number of rotatable bonds is 11. The number of para-hydroxylation sites is 2. The third-order valence-electron chi connectivity index (χ3n) is 4.38. The number of hydrogen-bond donors (Lipinski definition) is 2. The van der Waals surface area contributed by atoms with E-state index >= 15 is 0 Å². The SMILES string of the molecule is CCCN(CCC(=O)Nc1ccc(C(=O)Nc2ccccc2OC)cc1)CC(F)F. The van der Waals surface area contributed by atoms with Gasteiger partial charge in [-0.1, -0.05) is 19.1 Å². The van der Waals surface area contributed by atoms with E-state index in [1.165, 1.54) is 7.11 Å². The van der Waals surface area contributed by atoms with Gasteiger partial charge in [0.2, 0.25) is 5.91 Å². The van der Waals surface area contributed by atoms with Crippen LogP contribution in [0.5, 0.6) is 5.75 Å². The van der Waals surface area contributed by atoms with E-state index in [1.54, 1.807) is 53.4 Å². The van der Waals surface area contributed by atoms with Crippen molar-refractivity contribution in [1.82, 2.24) is 4.90 Å². The zero-order valence-corrected chi connectivity index (χ0v) is 17.2. The quantitative estimate of drug-likeness (QED) is 0.571. The topological polar surface area (TPSA) is 70.7 Å². The number of alkyl halides is 2. The molecule has 2 aromatic carbocycles. The average molecular weight is 419 g/mol. The van der Waals surface area contributed by atoms with Gasteiger partial charge in [0.25, 0.3) is 12.3 Å². The van der Waals surface area contributed by atoms with E-state index in [0.717, 1.165) is 6.42 Å². The molecule has 2 aromatic rings. The number of halogens is 2. The molecule has 0 aliphatic carbocycles. The van der Waals surface area contributed by atoms with Crippen LogP contribution in [0, 0.1) is 0 Å². The lowest BCUT2D eigenvalue weighted by atomic mass is 10.2. The lowest BCUT2D eigenvalue weighted by Crippen LogP contribution is -2.32. The number of nitrogens with zero attached hydrogens (tertiary/aromatic N) is 1. The Morgan fingerprint density at radius 3 is 2.37 bits per heavy atom. The largest absolute Gasteiger partial charge is 0.495 e. The van der Waals surface area contributed by atoms with Crippen molar-refractivity contribution in [3.63, 3.8) is 0 Å². The average Bonchev–Trinajstić information content (AvgIpc) is 2.72. The number of methoxy groups -OCH3 is 1. The molecule has 0 aliphatic rings. The highest BCUT2D eigenvalue weighted by Crippen LogP contribution is 2.23. The molecule has 162 valence electrons.